The molecule has 0 unspecified atom stereocenters. The molecule has 2 fully saturated rings. The molecule has 5 heteroatoms. The average molecular weight is 296 g/mol. The van der Waals surface area contributed by atoms with E-state index >= 15 is 0 Å². The van der Waals surface area contributed by atoms with Crippen molar-refractivity contribution in [2.45, 2.75) is 12.8 Å². The Morgan fingerprint density at radius 1 is 0.955 bits per heavy atom. The van der Waals surface area contributed by atoms with E-state index in [0.717, 1.165) is 12.8 Å². The molecule has 1 aromatic carbocycles. The molecule has 22 heavy (non-hydrogen) atoms. The van der Waals surface area contributed by atoms with E-state index in [9.17, 15) is 19.5 Å². The van der Waals surface area contributed by atoms with Crippen LogP contribution in [0.5, 0.6) is 0 Å². The lowest BCUT2D eigenvalue weighted by atomic mass is 9.63. The molecule has 1 aliphatic heterocycles. The number of hydrogen-bond acceptors (Lipinski definition) is 4. The Hall–Kier alpha value is -2.43. The highest BCUT2D eigenvalue weighted by atomic mass is 16.4. The first kappa shape index (κ1) is 13.2. The average Bonchev–Trinajstić information content (AvgIpc) is 2.82. The Labute approximate surface area is 127 Å². The van der Waals surface area contributed by atoms with Crippen molar-refractivity contribution in [2.75, 3.05) is 4.90 Å². The largest absolute Gasteiger partial charge is 0.545 e. The van der Waals surface area contributed by atoms with Crippen LogP contribution in [0.4, 0.5) is 5.69 Å². The number of nitrogens with zero attached hydrogens (tertiary/aromatic N) is 1. The van der Waals surface area contributed by atoms with Gasteiger partial charge < -0.3 is 9.90 Å². The SMILES string of the molecule is O=C([O-])c1ccc(N2C(=O)[C@@H]3[C@@H](C2=O)[C@@H]2C=C[C@@H]3CC2)cc1. The summed E-state index contributed by atoms with van der Waals surface area (Å²) in [5.74, 6) is -1.79. The smallest absolute Gasteiger partial charge is 0.238 e. The monoisotopic (exact) mass is 296 g/mol. The highest BCUT2D eigenvalue weighted by Crippen LogP contribution is 2.50. The topological polar surface area (TPSA) is 77.5 Å². The molecule has 0 spiro atoms. The molecule has 1 saturated carbocycles. The lowest BCUT2D eigenvalue weighted by molar-refractivity contribution is -0.255. The van der Waals surface area contributed by atoms with Gasteiger partial charge in [0, 0.05) is 0 Å². The van der Waals surface area contributed by atoms with Gasteiger partial charge in [-0.05, 0) is 42.4 Å². The van der Waals surface area contributed by atoms with E-state index in [-0.39, 0.29) is 41.0 Å². The van der Waals surface area contributed by atoms with E-state index in [1.165, 1.54) is 29.2 Å². The van der Waals surface area contributed by atoms with Gasteiger partial charge in [0.1, 0.15) is 0 Å². The van der Waals surface area contributed by atoms with Crippen LogP contribution in [0.3, 0.4) is 0 Å². The molecule has 4 aliphatic rings. The second-order valence-corrected chi connectivity index (χ2v) is 6.19. The van der Waals surface area contributed by atoms with Gasteiger partial charge in [-0.3, -0.25) is 14.5 Å². The summed E-state index contributed by atoms with van der Waals surface area (Å²) in [4.78, 5) is 37.4. The molecular weight excluding hydrogens is 282 g/mol. The first-order valence-electron chi connectivity index (χ1n) is 7.45. The first-order valence-corrected chi connectivity index (χ1v) is 7.45. The third-order valence-electron chi connectivity index (χ3n) is 5.12. The number of carbonyl (C=O) groups excluding carboxylic acids is 3. The van der Waals surface area contributed by atoms with Crippen LogP contribution in [0.15, 0.2) is 36.4 Å². The third-order valence-corrected chi connectivity index (χ3v) is 5.12. The second kappa shape index (κ2) is 4.53. The number of fused-ring (bicyclic) bond motifs is 1. The van der Waals surface area contributed by atoms with E-state index in [2.05, 4.69) is 12.2 Å². The predicted molar refractivity (Wildman–Crippen MR) is 75.6 cm³/mol. The van der Waals surface area contributed by atoms with Crippen molar-refractivity contribution >= 4 is 23.5 Å². The fourth-order valence-electron chi connectivity index (χ4n) is 4.08. The summed E-state index contributed by atoms with van der Waals surface area (Å²) in [6, 6.07) is 5.71. The molecule has 0 N–H and O–H groups in total. The van der Waals surface area contributed by atoms with Crippen LogP contribution < -0.4 is 10.0 Å². The molecule has 0 aromatic heterocycles. The van der Waals surface area contributed by atoms with E-state index in [1.807, 2.05) is 0 Å². The summed E-state index contributed by atoms with van der Waals surface area (Å²) in [5, 5.41) is 10.8. The van der Waals surface area contributed by atoms with Crippen LogP contribution in [0.25, 0.3) is 0 Å². The summed E-state index contributed by atoms with van der Waals surface area (Å²) < 4.78 is 0. The lowest BCUT2D eigenvalue weighted by Gasteiger charge is -2.38. The van der Waals surface area contributed by atoms with Crippen molar-refractivity contribution in [2.24, 2.45) is 23.7 Å². The number of aromatic carboxylic acids is 1. The maximum Gasteiger partial charge on any atom is 0.238 e. The molecule has 5 rings (SSSR count). The van der Waals surface area contributed by atoms with Gasteiger partial charge in [0.15, 0.2) is 0 Å². The van der Waals surface area contributed by atoms with Crippen LogP contribution >= 0.6 is 0 Å². The van der Waals surface area contributed by atoms with Crippen molar-refractivity contribution in [1.29, 1.82) is 0 Å². The number of benzene rings is 1. The van der Waals surface area contributed by atoms with Gasteiger partial charge in [-0.25, -0.2) is 0 Å². The molecular formula is C17H14NO4-. The number of carboxylic acids is 1. The summed E-state index contributed by atoms with van der Waals surface area (Å²) in [6.45, 7) is 0. The van der Waals surface area contributed by atoms with Crippen LogP contribution in [0.2, 0.25) is 0 Å². The molecule has 2 bridgehead atoms. The maximum absolute atomic E-state index is 12.7. The quantitative estimate of drug-likeness (QED) is 0.596. The van der Waals surface area contributed by atoms with Crippen molar-refractivity contribution in [3.05, 3.63) is 42.0 Å². The van der Waals surface area contributed by atoms with Gasteiger partial charge in [-0.2, -0.15) is 0 Å². The zero-order valence-corrected chi connectivity index (χ0v) is 11.8. The number of carbonyl (C=O) groups is 3. The van der Waals surface area contributed by atoms with Crippen LogP contribution in [0.1, 0.15) is 23.2 Å². The summed E-state index contributed by atoms with van der Waals surface area (Å²) in [5.41, 5.74) is 0.468. The molecule has 0 radical (unpaired) electrons. The van der Waals surface area contributed by atoms with Crippen molar-refractivity contribution < 1.29 is 19.5 Å². The minimum atomic E-state index is -1.28. The molecule has 1 heterocycles. The lowest BCUT2D eigenvalue weighted by Crippen LogP contribution is -2.38. The fourth-order valence-corrected chi connectivity index (χ4v) is 4.08. The Morgan fingerprint density at radius 3 is 1.86 bits per heavy atom. The first-order chi connectivity index (χ1) is 10.6. The number of rotatable bonds is 2. The fraction of sp³-hybridized carbons (Fsp3) is 0.353. The zero-order valence-electron chi connectivity index (χ0n) is 11.8. The third kappa shape index (κ3) is 1.68. The summed E-state index contributed by atoms with van der Waals surface area (Å²) in [7, 11) is 0. The number of imide groups is 1. The van der Waals surface area contributed by atoms with Crippen LogP contribution in [0, 0.1) is 23.7 Å². The van der Waals surface area contributed by atoms with Crippen molar-refractivity contribution in [1.82, 2.24) is 0 Å². The van der Waals surface area contributed by atoms with Crippen molar-refractivity contribution in [3.63, 3.8) is 0 Å². The number of hydrogen-bond donors (Lipinski definition) is 0. The van der Waals surface area contributed by atoms with Crippen LogP contribution in [-0.2, 0) is 9.59 Å². The zero-order chi connectivity index (χ0) is 15.4. The Kier molecular flexibility index (Phi) is 2.73. The predicted octanol–water partition coefficient (Wildman–Crippen LogP) is 0.752. The minimum Gasteiger partial charge on any atom is -0.545 e. The Morgan fingerprint density at radius 2 is 1.45 bits per heavy atom. The van der Waals surface area contributed by atoms with Gasteiger partial charge in [-0.15, -0.1) is 0 Å². The van der Waals surface area contributed by atoms with E-state index < -0.39 is 5.97 Å². The van der Waals surface area contributed by atoms with E-state index in [1.54, 1.807) is 0 Å². The number of allylic oxidation sites excluding steroid dienone is 2. The number of anilines is 1. The van der Waals surface area contributed by atoms with Gasteiger partial charge in [0.05, 0.1) is 23.5 Å². The molecule has 2 amide bonds. The summed E-state index contributed by atoms with van der Waals surface area (Å²) >= 11 is 0. The van der Waals surface area contributed by atoms with Gasteiger partial charge in [0.2, 0.25) is 11.8 Å². The highest BCUT2D eigenvalue weighted by molar-refractivity contribution is 6.22. The number of amides is 2. The second-order valence-electron chi connectivity index (χ2n) is 6.19. The molecule has 4 atom stereocenters. The molecule has 5 nitrogen and oxygen atoms in total. The van der Waals surface area contributed by atoms with Crippen LogP contribution in [-0.4, -0.2) is 17.8 Å². The molecule has 1 aromatic rings. The Balaban J connectivity index is 1.70. The minimum absolute atomic E-state index is 0.0296. The normalized spacial score (nSPS) is 32.5. The molecule has 112 valence electrons. The van der Waals surface area contributed by atoms with Crippen molar-refractivity contribution in [3.8, 4) is 0 Å². The van der Waals surface area contributed by atoms with Gasteiger partial charge in [0.25, 0.3) is 0 Å². The van der Waals surface area contributed by atoms with E-state index in [4.69, 9.17) is 0 Å². The van der Waals surface area contributed by atoms with Gasteiger partial charge >= 0.3 is 0 Å². The highest BCUT2D eigenvalue weighted by Gasteiger charge is 2.56. The standard InChI is InChI=1S/C17H15NO4/c19-15-13-9-1-2-10(4-3-9)14(13)16(20)18(15)12-7-5-11(6-8-12)17(21)22/h1-2,5-10,13-14H,3-4H2,(H,21,22)/p-1/t9-,10-,13+,14+/m1/s1. The van der Waals surface area contributed by atoms with Gasteiger partial charge in [-0.1, -0.05) is 24.3 Å². The molecule has 3 aliphatic carbocycles. The summed E-state index contributed by atoms with van der Waals surface area (Å²) in [6.07, 6.45) is 6.06. The van der Waals surface area contributed by atoms with E-state index in [0.29, 0.717) is 5.69 Å². The maximum atomic E-state index is 12.7. The molecule has 1 saturated heterocycles. The number of carboxylic acid groups (broad SMARTS) is 1. The Bertz CT molecular complexity index is 674.